The van der Waals surface area contributed by atoms with E-state index >= 15 is 0 Å². The van der Waals surface area contributed by atoms with Gasteiger partial charge in [-0.05, 0) is 25.7 Å². The van der Waals surface area contributed by atoms with E-state index in [9.17, 15) is 0 Å². The third kappa shape index (κ3) is 2.07. The lowest BCUT2D eigenvalue weighted by atomic mass is 9.96. The number of halogens is 1. The van der Waals surface area contributed by atoms with Crippen LogP contribution in [0.15, 0.2) is 6.20 Å². The van der Waals surface area contributed by atoms with Crippen molar-refractivity contribution in [1.29, 1.82) is 0 Å². The molecular weight excluding hydrogens is 270 g/mol. The Morgan fingerprint density at radius 1 is 1.28 bits per heavy atom. The molecule has 94 valence electrons. The first-order valence-corrected chi connectivity index (χ1v) is 6.95. The smallest absolute Gasteiger partial charge is 0.191 e. The van der Waals surface area contributed by atoms with Crippen LogP contribution in [0.25, 0.3) is 10.8 Å². The molecule has 7 heteroatoms. The van der Waals surface area contributed by atoms with Crippen molar-refractivity contribution in [2.45, 2.75) is 25.7 Å². The lowest BCUT2D eigenvalue weighted by Crippen LogP contribution is -2.17. The van der Waals surface area contributed by atoms with Gasteiger partial charge in [-0.1, -0.05) is 22.9 Å². The van der Waals surface area contributed by atoms with E-state index < -0.39 is 0 Å². The van der Waals surface area contributed by atoms with Crippen molar-refractivity contribution >= 4 is 28.8 Å². The molecule has 5 nitrogen and oxygen atoms in total. The Morgan fingerprint density at radius 3 is 2.83 bits per heavy atom. The number of nitrogens with two attached hydrogens (primary N) is 1. The number of hydrazine groups is 1. The summed E-state index contributed by atoms with van der Waals surface area (Å²) in [6, 6.07) is 0. The highest BCUT2D eigenvalue weighted by Crippen LogP contribution is 2.30. The van der Waals surface area contributed by atoms with E-state index in [0.29, 0.717) is 16.0 Å². The summed E-state index contributed by atoms with van der Waals surface area (Å²) in [5, 5.41) is 0.727. The Balaban J connectivity index is 2.11. The molecule has 0 aliphatic heterocycles. The van der Waals surface area contributed by atoms with Crippen LogP contribution in [0.1, 0.15) is 24.1 Å². The van der Waals surface area contributed by atoms with E-state index in [0.717, 1.165) is 41.9 Å². The zero-order valence-corrected chi connectivity index (χ0v) is 11.2. The summed E-state index contributed by atoms with van der Waals surface area (Å²) in [6.45, 7) is 0. The highest BCUT2D eigenvalue weighted by atomic mass is 35.5. The van der Waals surface area contributed by atoms with Crippen LogP contribution < -0.4 is 11.3 Å². The van der Waals surface area contributed by atoms with E-state index in [4.69, 9.17) is 17.4 Å². The summed E-state index contributed by atoms with van der Waals surface area (Å²) >= 11 is 7.26. The highest BCUT2D eigenvalue weighted by Gasteiger charge is 2.19. The third-order valence-corrected chi connectivity index (χ3v) is 4.10. The van der Waals surface area contributed by atoms with Crippen LogP contribution in [0.3, 0.4) is 0 Å². The maximum atomic E-state index is 5.89. The SMILES string of the molecule is NNc1nc(-c2ncc(Cl)s2)nc2c1CCCC2. The molecule has 0 fully saturated rings. The molecule has 2 aromatic heterocycles. The first-order valence-electron chi connectivity index (χ1n) is 5.76. The number of nitrogens with zero attached hydrogens (tertiary/aromatic N) is 3. The minimum absolute atomic E-state index is 0.598. The standard InChI is InChI=1S/C11H12ClN5S/c12-8-5-14-11(18-8)10-15-7-4-2-1-3-6(7)9(16-10)17-13/h5H,1-4,13H2,(H,15,16,17). The fraction of sp³-hybridized carbons (Fsp3) is 0.364. The molecule has 18 heavy (non-hydrogen) atoms. The number of aryl methyl sites for hydroxylation is 1. The van der Waals surface area contributed by atoms with Crippen LogP contribution >= 0.6 is 22.9 Å². The van der Waals surface area contributed by atoms with Crippen molar-refractivity contribution < 1.29 is 0 Å². The number of anilines is 1. The molecule has 0 saturated heterocycles. The Kier molecular flexibility index (Phi) is 3.15. The summed E-state index contributed by atoms with van der Waals surface area (Å²) in [5.74, 6) is 6.85. The second-order valence-electron chi connectivity index (χ2n) is 4.14. The largest absolute Gasteiger partial charge is 0.308 e. The molecule has 1 aliphatic carbocycles. The van der Waals surface area contributed by atoms with Crippen LogP contribution in [-0.4, -0.2) is 15.0 Å². The average molecular weight is 282 g/mol. The molecule has 0 spiro atoms. The van der Waals surface area contributed by atoms with Gasteiger partial charge in [0.2, 0.25) is 0 Å². The molecule has 3 rings (SSSR count). The molecule has 2 aromatic rings. The normalized spacial score (nSPS) is 14.3. The van der Waals surface area contributed by atoms with E-state index in [2.05, 4.69) is 20.4 Å². The fourth-order valence-corrected chi connectivity index (χ4v) is 3.01. The zero-order chi connectivity index (χ0) is 12.5. The second-order valence-corrected chi connectivity index (χ2v) is 5.80. The number of rotatable bonds is 2. The number of hydrogen-bond donors (Lipinski definition) is 2. The van der Waals surface area contributed by atoms with Crippen molar-refractivity contribution in [3.63, 3.8) is 0 Å². The first-order chi connectivity index (χ1) is 8.78. The number of thiazole rings is 1. The molecular formula is C11H12ClN5S. The molecule has 0 saturated carbocycles. The molecule has 2 heterocycles. The van der Waals surface area contributed by atoms with Crippen molar-refractivity contribution in [1.82, 2.24) is 15.0 Å². The van der Waals surface area contributed by atoms with Crippen molar-refractivity contribution in [2.24, 2.45) is 5.84 Å². The predicted octanol–water partition coefficient (Wildman–Crippen LogP) is 2.42. The predicted molar refractivity (Wildman–Crippen MR) is 72.6 cm³/mol. The maximum absolute atomic E-state index is 5.89. The lowest BCUT2D eigenvalue weighted by molar-refractivity contribution is 0.665. The monoisotopic (exact) mass is 281 g/mol. The first kappa shape index (κ1) is 11.8. The van der Waals surface area contributed by atoms with Crippen LogP contribution in [0.5, 0.6) is 0 Å². The maximum Gasteiger partial charge on any atom is 0.191 e. The Bertz CT molecular complexity index is 566. The summed E-state index contributed by atoms with van der Waals surface area (Å²) in [5.41, 5.74) is 4.87. The number of nitrogens with one attached hydrogen (secondary N) is 1. The Morgan fingerprint density at radius 2 is 2.11 bits per heavy atom. The molecule has 0 aromatic carbocycles. The molecule has 0 unspecified atom stereocenters. The van der Waals surface area contributed by atoms with Gasteiger partial charge in [-0.3, -0.25) is 0 Å². The van der Waals surface area contributed by atoms with Crippen molar-refractivity contribution in [2.75, 3.05) is 5.43 Å². The number of nitrogen functional groups attached to an aromatic ring is 1. The number of aromatic nitrogens is 3. The van der Waals surface area contributed by atoms with Gasteiger partial charge in [0.05, 0.1) is 6.20 Å². The molecule has 0 atom stereocenters. The van der Waals surface area contributed by atoms with Crippen LogP contribution in [0.4, 0.5) is 5.82 Å². The van der Waals surface area contributed by atoms with Gasteiger partial charge in [0.1, 0.15) is 10.2 Å². The van der Waals surface area contributed by atoms with E-state index in [1.807, 2.05) is 0 Å². The lowest BCUT2D eigenvalue weighted by Gasteiger charge is -2.17. The molecule has 0 bridgehead atoms. The van der Waals surface area contributed by atoms with Gasteiger partial charge in [0, 0.05) is 11.3 Å². The highest BCUT2D eigenvalue weighted by molar-refractivity contribution is 7.18. The quantitative estimate of drug-likeness (QED) is 0.653. The van der Waals surface area contributed by atoms with Crippen LogP contribution in [0.2, 0.25) is 4.34 Å². The van der Waals surface area contributed by atoms with Gasteiger partial charge in [-0.25, -0.2) is 20.8 Å². The van der Waals surface area contributed by atoms with E-state index in [1.54, 1.807) is 6.20 Å². The molecule has 0 radical (unpaired) electrons. The van der Waals surface area contributed by atoms with Crippen molar-refractivity contribution in [3.05, 3.63) is 21.8 Å². The van der Waals surface area contributed by atoms with Gasteiger partial charge in [0.25, 0.3) is 0 Å². The van der Waals surface area contributed by atoms with Gasteiger partial charge >= 0.3 is 0 Å². The summed E-state index contributed by atoms with van der Waals surface area (Å²) < 4.78 is 0.633. The molecule has 1 aliphatic rings. The van der Waals surface area contributed by atoms with E-state index in [-0.39, 0.29) is 0 Å². The van der Waals surface area contributed by atoms with E-state index in [1.165, 1.54) is 11.3 Å². The second kappa shape index (κ2) is 4.79. The number of hydrogen-bond acceptors (Lipinski definition) is 6. The summed E-state index contributed by atoms with van der Waals surface area (Å²) in [6.07, 6.45) is 5.88. The van der Waals surface area contributed by atoms with Crippen molar-refractivity contribution in [3.8, 4) is 10.8 Å². The van der Waals surface area contributed by atoms with Gasteiger partial charge in [-0.15, -0.1) is 0 Å². The minimum Gasteiger partial charge on any atom is -0.308 e. The Hall–Kier alpha value is -1.24. The Labute approximate surface area is 113 Å². The molecule has 0 amide bonds. The third-order valence-electron chi connectivity index (χ3n) is 2.99. The van der Waals surface area contributed by atoms with Crippen LogP contribution in [0, 0.1) is 0 Å². The minimum atomic E-state index is 0.598. The fourth-order valence-electron chi connectivity index (χ4n) is 2.17. The zero-order valence-electron chi connectivity index (χ0n) is 9.61. The van der Waals surface area contributed by atoms with Gasteiger partial charge < -0.3 is 5.43 Å². The number of fused-ring (bicyclic) bond motifs is 1. The summed E-state index contributed by atoms with van der Waals surface area (Å²) in [4.78, 5) is 13.2. The van der Waals surface area contributed by atoms with Gasteiger partial charge in [-0.2, -0.15) is 0 Å². The average Bonchev–Trinajstić information content (AvgIpc) is 2.84. The summed E-state index contributed by atoms with van der Waals surface area (Å²) in [7, 11) is 0. The van der Waals surface area contributed by atoms with Crippen LogP contribution in [-0.2, 0) is 12.8 Å². The topological polar surface area (TPSA) is 76.7 Å². The molecule has 3 N–H and O–H groups in total. The van der Waals surface area contributed by atoms with Gasteiger partial charge in [0.15, 0.2) is 10.8 Å².